The monoisotopic (exact) mass is 380 g/mol. The van der Waals surface area contributed by atoms with Gasteiger partial charge in [0, 0.05) is 18.8 Å². The van der Waals surface area contributed by atoms with Crippen molar-refractivity contribution in [3.63, 3.8) is 0 Å². The number of piperidine rings is 1. The van der Waals surface area contributed by atoms with Crippen LogP contribution in [0.1, 0.15) is 33.6 Å². The highest BCUT2D eigenvalue weighted by Crippen LogP contribution is 2.27. The smallest absolute Gasteiger partial charge is 0.410 e. The van der Waals surface area contributed by atoms with Crippen LogP contribution in [0.5, 0.6) is 0 Å². The van der Waals surface area contributed by atoms with Crippen LogP contribution in [0.4, 0.5) is 4.79 Å². The summed E-state index contributed by atoms with van der Waals surface area (Å²) in [6.45, 7) is 6.92. The van der Waals surface area contributed by atoms with E-state index in [0.29, 0.717) is 23.2 Å². The van der Waals surface area contributed by atoms with Gasteiger partial charge in [-0.3, -0.25) is 4.21 Å². The highest BCUT2D eigenvalue weighted by Gasteiger charge is 2.29. The number of para-hydroxylation sites is 1. The van der Waals surface area contributed by atoms with E-state index in [1.807, 2.05) is 45.0 Å². The fourth-order valence-corrected chi connectivity index (χ4v) is 5.51. The topological polar surface area (TPSA) is 59.5 Å². The molecule has 3 rings (SSSR count). The van der Waals surface area contributed by atoms with Gasteiger partial charge in [0.2, 0.25) is 0 Å². The molecule has 2 aromatic rings. The predicted molar refractivity (Wildman–Crippen MR) is 101 cm³/mol. The summed E-state index contributed by atoms with van der Waals surface area (Å²) in [4.78, 5) is 18.5. The number of benzene rings is 1. The molecule has 0 saturated carbocycles. The van der Waals surface area contributed by atoms with Gasteiger partial charge >= 0.3 is 6.09 Å². The summed E-state index contributed by atoms with van der Waals surface area (Å²) in [5.74, 6) is 0.758. The van der Waals surface area contributed by atoms with Crippen molar-refractivity contribution < 1.29 is 13.7 Å². The van der Waals surface area contributed by atoms with E-state index in [0.717, 1.165) is 23.1 Å². The number of hydrogen-bond acceptors (Lipinski definition) is 5. The molecular weight excluding hydrogens is 356 g/mol. The van der Waals surface area contributed by atoms with Crippen LogP contribution < -0.4 is 0 Å². The Morgan fingerprint density at radius 2 is 2.16 bits per heavy atom. The minimum atomic E-state index is -1.13. The largest absolute Gasteiger partial charge is 0.444 e. The van der Waals surface area contributed by atoms with Crippen LogP contribution in [0.15, 0.2) is 28.6 Å². The molecule has 1 amide bonds. The van der Waals surface area contributed by atoms with Crippen molar-refractivity contribution in [2.45, 2.75) is 43.6 Å². The third-order valence-corrected chi connectivity index (χ3v) is 6.92. The van der Waals surface area contributed by atoms with Crippen molar-refractivity contribution in [3.05, 3.63) is 24.3 Å². The molecule has 1 aromatic heterocycles. The molecule has 0 unspecified atom stereocenters. The maximum Gasteiger partial charge on any atom is 0.410 e. The molecule has 2 heterocycles. The number of fused-ring (bicyclic) bond motifs is 1. The van der Waals surface area contributed by atoms with E-state index in [4.69, 9.17) is 4.74 Å². The first-order chi connectivity index (χ1) is 11.8. The minimum Gasteiger partial charge on any atom is -0.444 e. The number of hydrogen-bond donors (Lipinski definition) is 0. The number of nitrogens with zero attached hydrogens (tertiary/aromatic N) is 2. The number of ether oxygens (including phenoxy) is 1. The van der Waals surface area contributed by atoms with Crippen molar-refractivity contribution in [1.82, 2.24) is 9.88 Å². The van der Waals surface area contributed by atoms with Gasteiger partial charge in [0.15, 0.2) is 4.34 Å². The zero-order chi connectivity index (χ0) is 18.0. The van der Waals surface area contributed by atoms with E-state index < -0.39 is 16.4 Å². The van der Waals surface area contributed by atoms with Crippen LogP contribution in [0.3, 0.4) is 0 Å². The lowest BCUT2D eigenvalue weighted by Crippen LogP contribution is -2.43. The number of thiazole rings is 1. The molecule has 0 bridgehead atoms. The lowest BCUT2D eigenvalue weighted by Gasteiger charge is -2.33. The van der Waals surface area contributed by atoms with Gasteiger partial charge in [-0.2, -0.15) is 0 Å². The van der Waals surface area contributed by atoms with E-state index in [9.17, 15) is 9.00 Å². The Morgan fingerprint density at radius 3 is 2.88 bits per heavy atom. The molecule has 5 nitrogen and oxygen atoms in total. The molecule has 136 valence electrons. The van der Waals surface area contributed by atoms with E-state index in [1.54, 1.807) is 4.90 Å². The standard InChI is InChI=1S/C18H24N2O3S2/c1-18(2,3)23-17(21)20-10-6-7-13(11-20)12-25(22)16-19-14-8-4-5-9-15(14)24-16/h4-5,8-9,13H,6-7,10-12H2,1-3H3/t13-,25+/m0/s1. The molecule has 7 heteroatoms. The van der Waals surface area contributed by atoms with Gasteiger partial charge in [-0.25, -0.2) is 9.78 Å². The summed E-state index contributed by atoms with van der Waals surface area (Å²) in [7, 11) is -1.13. The van der Waals surface area contributed by atoms with Crippen molar-refractivity contribution in [1.29, 1.82) is 0 Å². The molecular formula is C18H24N2O3S2. The van der Waals surface area contributed by atoms with Gasteiger partial charge in [0.05, 0.1) is 21.0 Å². The molecule has 1 aromatic carbocycles. The number of aromatic nitrogens is 1. The first kappa shape index (κ1) is 18.3. The predicted octanol–water partition coefficient (Wildman–Crippen LogP) is 4.05. The Kier molecular flexibility index (Phi) is 5.43. The minimum absolute atomic E-state index is 0.217. The molecule has 25 heavy (non-hydrogen) atoms. The van der Waals surface area contributed by atoms with Gasteiger partial charge in [-0.05, 0) is 51.7 Å². The van der Waals surface area contributed by atoms with Crippen molar-refractivity contribution >= 4 is 38.4 Å². The van der Waals surface area contributed by atoms with Crippen LogP contribution >= 0.6 is 11.3 Å². The molecule has 0 spiro atoms. The maximum absolute atomic E-state index is 12.7. The van der Waals surface area contributed by atoms with E-state index >= 15 is 0 Å². The third kappa shape index (κ3) is 4.79. The number of likely N-dealkylation sites (tertiary alicyclic amines) is 1. The van der Waals surface area contributed by atoms with Crippen LogP contribution in [0.2, 0.25) is 0 Å². The number of carbonyl (C=O) groups is 1. The first-order valence-electron chi connectivity index (χ1n) is 8.54. The molecule has 0 N–H and O–H groups in total. The quantitative estimate of drug-likeness (QED) is 0.806. The van der Waals surface area contributed by atoms with Gasteiger partial charge < -0.3 is 9.64 Å². The van der Waals surface area contributed by atoms with Crippen molar-refractivity contribution in [3.8, 4) is 0 Å². The maximum atomic E-state index is 12.7. The van der Waals surface area contributed by atoms with Crippen LogP contribution in [0.25, 0.3) is 10.2 Å². The zero-order valence-electron chi connectivity index (χ0n) is 14.9. The molecule has 1 aliphatic rings. The van der Waals surface area contributed by atoms with Crippen molar-refractivity contribution in [2.24, 2.45) is 5.92 Å². The summed E-state index contributed by atoms with van der Waals surface area (Å²) in [6.07, 6.45) is 1.62. The Bertz CT molecular complexity index is 749. The second kappa shape index (κ2) is 7.41. The fraction of sp³-hybridized carbons (Fsp3) is 0.556. The van der Waals surface area contributed by atoms with Crippen LogP contribution in [-0.2, 0) is 15.5 Å². The number of amides is 1. The van der Waals surface area contributed by atoms with Gasteiger partial charge in [0.25, 0.3) is 0 Å². The summed E-state index contributed by atoms with van der Waals surface area (Å²) in [5, 5.41) is 0. The highest BCUT2D eigenvalue weighted by atomic mass is 32.2. The molecule has 0 radical (unpaired) electrons. The highest BCUT2D eigenvalue weighted by molar-refractivity contribution is 7.87. The second-order valence-corrected chi connectivity index (χ2v) is 10.1. The molecule has 1 saturated heterocycles. The van der Waals surface area contributed by atoms with Crippen LogP contribution in [-0.4, -0.2) is 44.6 Å². The zero-order valence-corrected chi connectivity index (χ0v) is 16.5. The second-order valence-electron chi connectivity index (χ2n) is 7.39. The lowest BCUT2D eigenvalue weighted by atomic mass is 10.0. The Balaban J connectivity index is 1.62. The van der Waals surface area contributed by atoms with E-state index in [-0.39, 0.29) is 12.0 Å². The van der Waals surface area contributed by atoms with Crippen molar-refractivity contribution in [2.75, 3.05) is 18.8 Å². The molecule has 1 aliphatic heterocycles. The summed E-state index contributed by atoms with van der Waals surface area (Å²) in [6, 6.07) is 7.84. The Hall–Kier alpha value is -1.47. The van der Waals surface area contributed by atoms with Gasteiger partial charge in [-0.15, -0.1) is 11.3 Å². The lowest BCUT2D eigenvalue weighted by molar-refractivity contribution is 0.0176. The van der Waals surface area contributed by atoms with E-state index in [1.165, 1.54) is 11.3 Å². The average Bonchev–Trinajstić information content (AvgIpc) is 2.98. The summed E-state index contributed by atoms with van der Waals surface area (Å²) in [5.41, 5.74) is 0.406. The van der Waals surface area contributed by atoms with Crippen LogP contribution in [0, 0.1) is 5.92 Å². The van der Waals surface area contributed by atoms with Gasteiger partial charge in [-0.1, -0.05) is 12.1 Å². The molecule has 0 aliphatic carbocycles. The van der Waals surface area contributed by atoms with Gasteiger partial charge in [0.1, 0.15) is 5.60 Å². The molecule has 1 fully saturated rings. The van der Waals surface area contributed by atoms with E-state index in [2.05, 4.69) is 4.98 Å². The third-order valence-electron chi connectivity index (χ3n) is 4.03. The SMILES string of the molecule is CC(C)(C)OC(=O)N1CCC[C@H](C[S@@](=O)c2nc3ccccc3s2)C1. The normalized spacial score (nSPS) is 19.8. The summed E-state index contributed by atoms with van der Waals surface area (Å²) < 4.78 is 19.9. The Morgan fingerprint density at radius 1 is 1.40 bits per heavy atom. The Labute approximate surface area is 154 Å². The summed E-state index contributed by atoms with van der Waals surface area (Å²) >= 11 is 1.49. The first-order valence-corrected chi connectivity index (χ1v) is 10.7. The average molecular weight is 381 g/mol. The fourth-order valence-electron chi connectivity index (χ4n) is 2.93. The molecule has 2 atom stereocenters. The number of carbonyl (C=O) groups excluding carboxylic acids is 1. The number of rotatable bonds is 3.